The fraction of sp³-hybridized carbons (Fsp3) is 0.333. The molecule has 140 valence electrons. The molecular weight excluding hydrogens is 366 g/mol. The maximum absolute atomic E-state index is 12.9. The second-order valence-electron chi connectivity index (χ2n) is 6.23. The lowest BCUT2D eigenvalue weighted by Crippen LogP contribution is -2.33. The molecule has 8 nitrogen and oxygen atoms in total. The molecule has 0 unspecified atom stereocenters. The molecule has 1 atom stereocenters. The Bertz CT molecular complexity index is 995. The van der Waals surface area contributed by atoms with Crippen LogP contribution in [0.25, 0.3) is 16.7 Å². The van der Waals surface area contributed by atoms with Crippen molar-refractivity contribution in [2.75, 3.05) is 18.9 Å². The maximum atomic E-state index is 12.9. The van der Waals surface area contributed by atoms with Gasteiger partial charge in [-0.3, -0.25) is 19.3 Å². The quantitative estimate of drug-likeness (QED) is 0.492. The number of ether oxygens (including phenoxy) is 1. The molecule has 1 aliphatic heterocycles. The molecule has 0 spiro atoms. The Labute approximate surface area is 159 Å². The standard InChI is InChI=1S/C18H19N5O3S/c24-15(19-9-13-7-4-8-26-13)11-27-18-21-16-14(10-20-22-16)17(25)23(18)12-5-2-1-3-6-12/h1-3,5-6,10,13H,4,7-9,11H2,(H,19,24)(H,20,22)/t13-/m0/s1. The van der Waals surface area contributed by atoms with Crippen LogP contribution >= 0.6 is 11.8 Å². The number of nitrogens with zero attached hydrogens (tertiary/aromatic N) is 3. The number of fused-ring (bicyclic) bond motifs is 1. The first-order chi connectivity index (χ1) is 13.2. The van der Waals surface area contributed by atoms with E-state index in [2.05, 4.69) is 20.5 Å². The largest absolute Gasteiger partial charge is 0.376 e. The highest BCUT2D eigenvalue weighted by Gasteiger charge is 2.18. The van der Waals surface area contributed by atoms with E-state index in [-0.39, 0.29) is 23.3 Å². The van der Waals surface area contributed by atoms with Gasteiger partial charge in [0.1, 0.15) is 5.39 Å². The number of rotatable bonds is 6. The summed E-state index contributed by atoms with van der Waals surface area (Å²) in [5.74, 6) is 0.0418. The number of aromatic amines is 1. The van der Waals surface area contributed by atoms with E-state index in [1.54, 1.807) is 0 Å². The van der Waals surface area contributed by atoms with E-state index in [0.717, 1.165) is 19.4 Å². The number of benzene rings is 1. The number of thioether (sulfide) groups is 1. The highest BCUT2D eigenvalue weighted by Crippen LogP contribution is 2.20. The number of H-pyrrole nitrogens is 1. The molecule has 1 aromatic carbocycles. The Morgan fingerprint density at radius 1 is 1.37 bits per heavy atom. The molecule has 2 N–H and O–H groups in total. The third-order valence-electron chi connectivity index (χ3n) is 4.35. The zero-order valence-electron chi connectivity index (χ0n) is 14.6. The summed E-state index contributed by atoms with van der Waals surface area (Å²) in [6.07, 6.45) is 3.57. The van der Waals surface area contributed by atoms with Crippen molar-refractivity contribution in [1.82, 2.24) is 25.1 Å². The zero-order valence-corrected chi connectivity index (χ0v) is 15.4. The van der Waals surface area contributed by atoms with E-state index < -0.39 is 0 Å². The van der Waals surface area contributed by atoms with Crippen molar-refractivity contribution in [2.45, 2.75) is 24.1 Å². The smallest absolute Gasteiger partial charge is 0.269 e. The Morgan fingerprint density at radius 2 is 2.22 bits per heavy atom. The van der Waals surface area contributed by atoms with E-state index in [4.69, 9.17) is 4.74 Å². The zero-order chi connectivity index (χ0) is 18.6. The lowest BCUT2D eigenvalue weighted by Gasteiger charge is -2.13. The molecule has 3 aromatic rings. The number of hydrogen-bond donors (Lipinski definition) is 2. The van der Waals surface area contributed by atoms with Crippen LogP contribution < -0.4 is 10.9 Å². The number of carbonyl (C=O) groups is 1. The molecule has 1 fully saturated rings. The average molecular weight is 385 g/mol. The Kier molecular flexibility index (Phi) is 5.21. The van der Waals surface area contributed by atoms with Crippen molar-refractivity contribution in [3.63, 3.8) is 0 Å². The van der Waals surface area contributed by atoms with Gasteiger partial charge in [0.2, 0.25) is 5.91 Å². The number of amides is 1. The second kappa shape index (κ2) is 7.93. The summed E-state index contributed by atoms with van der Waals surface area (Å²) in [5, 5.41) is 10.4. The van der Waals surface area contributed by atoms with Crippen molar-refractivity contribution < 1.29 is 9.53 Å². The maximum Gasteiger partial charge on any atom is 0.269 e. The fourth-order valence-electron chi connectivity index (χ4n) is 2.99. The van der Waals surface area contributed by atoms with E-state index in [1.807, 2.05) is 30.3 Å². The predicted octanol–water partition coefficient (Wildman–Crippen LogP) is 1.50. The van der Waals surface area contributed by atoms with Crippen molar-refractivity contribution in [3.05, 3.63) is 46.9 Å². The molecule has 0 radical (unpaired) electrons. The summed E-state index contributed by atoms with van der Waals surface area (Å²) in [4.78, 5) is 29.6. The van der Waals surface area contributed by atoms with Crippen LogP contribution in [0.2, 0.25) is 0 Å². The number of hydrogen-bond acceptors (Lipinski definition) is 6. The summed E-state index contributed by atoms with van der Waals surface area (Å²) in [5.41, 5.74) is 0.886. The summed E-state index contributed by atoms with van der Waals surface area (Å²) in [7, 11) is 0. The third-order valence-corrected chi connectivity index (χ3v) is 5.29. The summed E-state index contributed by atoms with van der Waals surface area (Å²) in [6.45, 7) is 1.27. The summed E-state index contributed by atoms with van der Waals surface area (Å²) in [6, 6.07) is 9.24. The molecular formula is C18H19N5O3S. The normalized spacial score (nSPS) is 16.7. The second-order valence-corrected chi connectivity index (χ2v) is 7.17. The number of carbonyl (C=O) groups excluding carboxylic acids is 1. The lowest BCUT2D eigenvalue weighted by molar-refractivity contribution is -0.119. The molecule has 3 heterocycles. The molecule has 0 aliphatic carbocycles. The van der Waals surface area contributed by atoms with Crippen LogP contribution in [0.15, 0.2) is 46.5 Å². The molecule has 4 rings (SSSR count). The summed E-state index contributed by atoms with van der Waals surface area (Å²) >= 11 is 1.22. The minimum Gasteiger partial charge on any atom is -0.376 e. The molecule has 0 bridgehead atoms. The van der Waals surface area contributed by atoms with Crippen LogP contribution in [0.5, 0.6) is 0 Å². The van der Waals surface area contributed by atoms with E-state index in [9.17, 15) is 9.59 Å². The number of aromatic nitrogens is 4. The molecule has 1 aliphatic rings. The van der Waals surface area contributed by atoms with E-state index >= 15 is 0 Å². The van der Waals surface area contributed by atoms with Gasteiger partial charge >= 0.3 is 0 Å². The fourth-order valence-corrected chi connectivity index (χ4v) is 3.83. The van der Waals surface area contributed by atoms with Gasteiger partial charge in [0.25, 0.3) is 5.56 Å². The first-order valence-corrected chi connectivity index (χ1v) is 9.73. The van der Waals surface area contributed by atoms with Gasteiger partial charge in [-0.1, -0.05) is 30.0 Å². The molecule has 9 heteroatoms. The molecule has 1 saturated heterocycles. The third kappa shape index (κ3) is 3.88. The van der Waals surface area contributed by atoms with E-state index in [1.165, 1.54) is 22.5 Å². The molecule has 1 amide bonds. The van der Waals surface area contributed by atoms with Crippen LogP contribution in [-0.4, -0.2) is 50.7 Å². The molecule has 27 heavy (non-hydrogen) atoms. The van der Waals surface area contributed by atoms with Crippen LogP contribution in [0.3, 0.4) is 0 Å². The first-order valence-electron chi connectivity index (χ1n) is 8.75. The highest BCUT2D eigenvalue weighted by atomic mass is 32.2. The van der Waals surface area contributed by atoms with Crippen molar-refractivity contribution in [2.24, 2.45) is 0 Å². The van der Waals surface area contributed by atoms with Gasteiger partial charge in [-0.25, -0.2) is 4.98 Å². The van der Waals surface area contributed by atoms with Gasteiger partial charge < -0.3 is 10.1 Å². The average Bonchev–Trinajstić information content (AvgIpc) is 3.37. The van der Waals surface area contributed by atoms with Gasteiger partial charge in [0, 0.05) is 13.2 Å². The SMILES string of the molecule is O=C(CSc1nc2[nH]ncc2c(=O)n1-c1ccccc1)NC[C@@H]1CCCO1. The van der Waals surface area contributed by atoms with Gasteiger partial charge in [-0.15, -0.1) is 0 Å². The van der Waals surface area contributed by atoms with E-state index in [0.29, 0.717) is 28.4 Å². The minimum absolute atomic E-state index is 0.0981. The number of para-hydroxylation sites is 1. The Hall–Kier alpha value is -2.65. The monoisotopic (exact) mass is 385 g/mol. The van der Waals surface area contributed by atoms with Crippen LogP contribution in [0.4, 0.5) is 0 Å². The molecule has 2 aromatic heterocycles. The van der Waals surface area contributed by atoms with Gasteiger partial charge in [-0.05, 0) is 25.0 Å². The number of nitrogens with one attached hydrogen (secondary N) is 2. The van der Waals surface area contributed by atoms with Crippen molar-refractivity contribution in [3.8, 4) is 5.69 Å². The van der Waals surface area contributed by atoms with Crippen LogP contribution in [0.1, 0.15) is 12.8 Å². The highest BCUT2D eigenvalue weighted by molar-refractivity contribution is 7.99. The Morgan fingerprint density at radius 3 is 3.00 bits per heavy atom. The Balaban J connectivity index is 1.55. The topological polar surface area (TPSA) is 102 Å². The summed E-state index contributed by atoms with van der Waals surface area (Å²) < 4.78 is 7.02. The van der Waals surface area contributed by atoms with Gasteiger partial charge in [-0.2, -0.15) is 5.10 Å². The predicted molar refractivity (Wildman–Crippen MR) is 102 cm³/mol. The lowest BCUT2D eigenvalue weighted by atomic mass is 10.2. The molecule has 0 saturated carbocycles. The van der Waals surface area contributed by atoms with Gasteiger partial charge in [0.15, 0.2) is 10.8 Å². The van der Waals surface area contributed by atoms with Crippen LogP contribution in [0, 0.1) is 0 Å². The van der Waals surface area contributed by atoms with Crippen LogP contribution in [-0.2, 0) is 9.53 Å². The van der Waals surface area contributed by atoms with Gasteiger partial charge in [0.05, 0.1) is 23.7 Å². The minimum atomic E-state index is -0.220. The van der Waals surface area contributed by atoms with Crippen molar-refractivity contribution in [1.29, 1.82) is 0 Å². The first kappa shape index (κ1) is 17.7. The van der Waals surface area contributed by atoms with Crippen molar-refractivity contribution >= 4 is 28.7 Å².